The maximum Gasteiger partial charge on any atom is 0.164 e. The molecule has 24 rings (SSSR count). The van der Waals surface area contributed by atoms with E-state index in [0.717, 1.165) is 128 Å². The lowest BCUT2D eigenvalue weighted by atomic mass is 9.99. The third kappa shape index (κ3) is 11.8. The van der Waals surface area contributed by atoms with Crippen molar-refractivity contribution in [2.45, 2.75) is 0 Å². The first-order chi connectivity index (χ1) is 59.5. The fourth-order valence-corrected chi connectivity index (χ4v) is 18.3. The van der Waals surface area contributed by atoms with Crippen molar-refractivity contribution in [1.29, 1.82) is 0 Å². The molecule has 6 heterocycles. The van der Waals surface area contributed by atoms with Crippen LogP contribution in [0, 0.1) is 0 Å². The maximum atomic E-state index is 5.41. The minimum Gasteiger partial charge on any atom is -0.309 e. The van der Waals surface area contributed by atoms with Gasteiger partial charge in [-0.3, -0.25) is 0 Å². The molecule has 9 nitrogen and oxygen atoms in total. The standard InChI is InChI=1S/C56H36N4.C55H35N5/c1-4-17-37(18-5-1)39-22-16-23-41(33-39)49-36-48(38-19-6-2-7-20-38)57-56(58-49)47-35-43(34-40-21-10-11-26-44(40)47)60-51-30-15-13-28-46(51)55-53(60)32-31-52-54(55)45-27-12-14-29-50(45)59(52)42-24-8-3-9-25-42;1-4-17-36(18-5-1)38-22-16-23-40(33-38)54-56-53(37-19-6-2-7-20-37)57-55(58-54)46-35-42(34-39-21-10-11-26-43(39)46)60-48-30-15-13-28-45(48)52-50(60)32-31-49-51(52)44-27-12-14-29-47(44)59(49)41-24-8-3-9-25-41/h1-36H;1-35H. The Morgan fingerprint density at radius 1 is 0.150 bits per heavy atom. The van der Waals surface area contributed by atoms with Gasteiger partial charge < -0.3 is 18.3 Å². The number of fused-ring (bicyclic) bond motifs is 16. The number of rotatable bonds is 12. The molecule has 0 spiro atoms. The van der Waals surface area contributed by atoms with Crippen molar-refractivity contribution in [2.24, 2.45) is 0 Å². The minimum atomic E-state index is 0.621. The predicted molar refractivity (Wildman–Crippen MR) is 498 cm³/mol. The van der Waals surface area contributed by atoms with E-state index in [4.69, 9.17) is 24.9 Å². The zero-order chi connectivity index (χ0) is 79.1. The summed E-state index contributed by atoms with van der Waals surface area (Å²) < 4.78 is 9.63. The van der Waals surface area contributed by atoms with E-state index >= 15 is 0 Å². The van der Waals surface area contributed by atoms with Crippen LogP contribution in [-0.2, 0) is 0 Å². The van der Waals surface area contributed by atoms with Gasteiger partial charge in [0, 0.05) is 99.2 Å². The van der Waals surface area contributed by atoms with Crippen LogP contribution < -0.4 is 0 Å². The highest BCUT2D eigenvalue weighted by molar-refractivity contribution is 6.30. The smallest absolute Gasteiger partial charge is 0.164 e. The normalized spacial score (nSPS) is 11.7. The summed E-state index contributed by atoms with van der Waals surface area (Å²) in [6.45, 7) is 0. The Bertz CT molecular complexity index is 7650. The Hall–Kier alpha value is -16.2. The molecule has 0 bridgehead atoms. The Morgan fingerprint density at radius 2 is 0.433 bits per heavy atom. The van der Waals surface area contributed by atoms with Crippen LogP contribution in [0.3, 0.4) is 0 Å². The molecule has 9 heteroatoms. The number of benzene rings is 18. The molecular formula is C111H71N9. The van der Waals surface area contributed by atoms with Crippen molar-refractivity contribution in [2.75, 3.05) is 0 Å². The summed E-state index contributed by atoms with van der Waals surface area (Å²) in [6.07, 6.45) is 0. The van der Waals surface area contributed by atoms with E-state index in [0.29, 0.717) is 23.3 Å². The molecule has 0 aliphatic carbocycles. The van der Waals surface area contributed by atoms with Gasteiger partial charge in [-0.2, -0.15) is 0 Å². The highest BCUT2D eigenvalue weighted by Crippen LogP contribution is 2.47. The molecule has 18 aromatic carbocycles. The van der Waals surface area contributed by atoms with Crippen molar-refractivity contribution < 1.29 is 0 Å². The molecule has 0 aliphatic rings. The topological polar surface area (TPSA) is 84.2 Å². The van der Waals surface area contributed by atoms with E-state index in [1.165, 1.54) is 70.7 Å². The van der Waals surface area contributed by atoms with Gasteiger partial charge >= 0.3 is 0 Å². The second-order valence-corrected chi connectivity index (χ2v) is 30.6. The second kappa shape index (κ2) is 28.9. The molecular weight excluding hydrogens is 1460 g/mol. The van der Waals surface area contributed by atoms with Gasteiger partial charge in [0.15, 0.2) is 23.3 Å². The van der Waals surface area contributed by atoms with Crippen LogP contribution in [0.2, 0.25) is 0 Å². The molecule has 0 N–H and O–H groups in total. The fourth-order valence-electron chi connectivity index (χ4n) is 18.3. The number of hydrogen-bond donors (Lipinski definition) is 0. The number of hydrogen-bond acceptors (Lipinski definition) is 5. The van der Waals surface area contributed by atoms with Gasteiger partial charge in [-0.05, 0) is 159 Å². The van der Waals surface area contributed by atoms with Gasteiger partial charge in [0.25, 0.3) is 0 Å². The highest BCUT2D eigenvalue weighted by Gasteiger charge is 2.26. The quantitative estimate of drug-likeness (QED) is 0.122. The van der Waals surface area contributed by atoms with E-state index in [1.54, 1.807) is 0 Å². The molecule has 0 fully saturated rings. The van der Waals surface area contributed by atoms with Crippen molar-refractivity contribution in [1.82, 2.24) is 43.2 Å². The van der Waals surface area contributed by atoms with Gasteiger partial charge in [-0.25, -0.2) is 24.9 Å². The van der Waals surface area contributed by atoms with Gasteiger partial charge in [-0.1, -0.05) is 315 Å². The van der Waals surface area contributed by atoms with E-state index in [-0.39, 0.29) is 0 Å². The molecule has 6 aromatic heterocycles. The number of aromatic nitrogens is 9. The zero-order valence-corrected chi connectivity index (χ0v) is 65.0. The Morgan fingerprint density at radius 3 is 0.850 bits per heavy atom. The summed E-state index contributed by atoms with van der Waals surface area (Å²) in [7, 11) is 0. The summed E-state index contributed by atoms with van der Waals surface area (Å²) in [5.74, 6) is 2.56. The lowest BCUT2D eigenvalue weighted by Crippen LogP contribution is -2.02. The lowest BCUT2D eigenvalue weighted by molar-refractivity contribution is 1.07. The van der Waals surface area contributed by atoms with Crippen LogP contribution >= 0.6 is 0 Å². The third-order valence-corrected chi connectivity index (χ3v) is 23.6. The molecule has 560 valence electrons. The van der Waals surface area contributed by atoms with Gasteiger partial charge in [-0.15, -0.1) is 0 Å². The average Bonchev–Trinajstić information content (AvgIpc) is 1.55. The largest absolute Gasteiger partial charge is 0.309 e. The first-order valence-electron chi connectivity index (χ1n) is 40.7. The average molecular weight is 1530 g/mol. The molecule has 24 aromatic rings. The first kappa shape index (κ1) is 69.3. The van der Waals surface area contributed by atoms with Gasteiger partial charge in [0.1, 0.15) is 0 Å². The Labute approximate surface area is 691 Å². The zero-order valence-electron chi connectivity index (χ0n) is 65.0. The van der Waals surface area contributed by atoms with E-state index in [9.17, 15) is 0 Å². The van der Waals surface area contributed by atoms with Gasteiger partial charge in [0.2, 0.25) is 0 Å². The van der Waals surface area contributed by atoms with Crippen LogP contribution in [0.1, 0.15) is 0 Å². The first-order valence-corrected chi connectivity index (χ1v) is 40.7. The van der Waals surface area contributed by atoms with Crippen molar-refractivity contribution in [3.63, 3.8) is 0 Å². The SMILES string of the molecule is c1ccc(-c2cccc(-c3cc(-c4ccccc4)nc(-c4cc(-n5c6ccccc6c6c7c8ccccc8n(-c8ccccc8)c7ccc65)cc5ccccc45)n3)c2)cc1.c1ccc(-c2cccc(-c3nc(-c4ccccc4)nc(-c4cc(-n5c6ccccc6c6c7c8ccccc8n(-c8ccccc8)c7ccc65)cc5ccccc45)n3)c2)cc1. The summed E-state index contributed by atoms with van der Waals surface area (Å²) in [6, 6.07) is 153. The third-order valence-electron chi connectivity index (χ3n) is 23.6. The van der Waals surface area contributed by atoms with E-state index in [1.807, 2.05) is 30.3 Å². The molecule has 0 amide bonds. The molecule has 0 atom stereocenters. The van der Waals surface area contributed by atoms with E-state index in [2.05, 4.69) is 419 Å². The minimum absolute atomic E-state index is 0.621. The highest BCUT2D eigenvalue weighted by atomic mass is 15.0. The van der Waals surface area contributed by atoms with Crippen LogP contribution in [-0.4, -0.2) is 43.2 Å². The maximum absolute atomic E-state index is 5.41. The Kier molecular flexibility index (Phi) is 16.7. The molecule has 120 heavy (non-hydrogen) atoms. The van der Waals surface area contributed by atoms with Crippen LogP contribution in [0.25, 0.3) is 222 Å². The summed E-state index contributed by atoms with van der Waals surface area (Å²) in [5.41, 5.74) is 25.9. The molecule has 0 radical (unpaired) electrons. The van der Waals surface area contributed by atoms with Crippen LogP contribution in [0.15, 0.2) is 431 Å². The van der Waals surface area contributed by atoms with Crippen molar-refractivity contribution in [3.05, 3.63) is 431 Å². The fraction of sp³-hybridized carbons (Fsp3) is 0. The summed E-state index contributed by atoms with van der Waals surface area (Å²) in [4.78, 5) is 26.4. The molecule has 0 aliphatic heterocycles. The van der Waals surface area contributed by atoms with Gasteiger partial charge in [0.05, 0.1) is 55.5 Å². The number of nitrogens with zero attached hydrogens (tertiary/aromatic N) is 9. The Balaban J connectivity index is 0.000000140. The monoisotopic (exact) mass is 1530 g/mol. The lowest BCUT2D eigenvalue weighted by Gasteiger charge is -2.15. The molecule has 0 unspecified atom stereocenters. The number of para-hydroxylation sites is 6. The van der Waals surface area contributed by atoms with Crippen molar-refractivity contribution >= 4 is 109 Å². The second-order valence-electron chi connectivity index (χ2n) is 30.6. The van der Waals surface area contributed by atoms with Crippen LogP contribution in [0.4, 0.5) is 0 Å². The van der Waals surface area contributed by atoms with Crippen LogP contribution in [0.5, 0.6) is 0 Å². The van der Waals surface area contributed by atoms with Crippen molar-refractivity contribution in [3.8, 4) is 113 Å². The molecule has 0 saturated heterocycles. The summed E-state index contributed by atoms with van der Waals surface area (Å²) >= 11 is 0. The predicted octanol–water partition coefficient (Wildman–Crippen LogP) is 28.4. The van der Waals surface area contributed by atoms with E-state index < -0.39 is 0 Å². The summed E-state index contributed by atoms with van der Waals surface area (Å²) in [5, 5.41) is 14.3. The molecule has 0 saturated carbocycles.